The fourth-order valence-electron chi connectivity index (χ4n) is 3.56. The summed E-state index contributed by atoms with van der Waals surface area (Å²) in [6.07, 6.45) is 2.97. The lowest BCUT2D eigenvalue weighted by atomic mass is 10.1. The van der Waals surface area contributed by atoms with E-state index in [1.54, 1.807) is 48.7 Å². The fraction of sp³-hybridized carbons (Fsp3) is 0.0417. The highest BCUT2D eigenvalue weighted by molar-refractivity contribution is 6.37. The highest BCUT2D eigenvalue weighted by Crippen LogP contribution is 2.35. The van der Waals surface area contributed by atoms with Crippen molar-refractivity contribution < 1.29 is 14.3 Å². The van der Waals surface area contributed by atoms with Gasteiger partial charge in [-0.05, 0) is 48.0 Å². The number of nitrogens with zero attached hydrogens (tertiary/aromatic N) is 3. The van der Waals surface area contributed by atoms with Gasteiger partial charge >= 0.3 is 0 Å². The minimum Gasteiger partial charge on any atom is -0.508 e. The maximum absolute atomic E-state index is 13.4. The number of carbonyl (C=O) groups is 1. The van der Waals surface area contributed by atoms with Gasteiger partial charge in [-0.2, -0.15) is 0 Å². The molecule has 0 radical (unpaired) electrons. The average molecular weight is 464 g/mol. The second-order valence-electron chi connectivity index (χ2n) is 7.15. The molecule has 5 rings (SSSR count). The second-order valence-corrected chi connectivity index (χ2v) is 7.95. The Hall–Kier alpha value is -3.61. The molecule has 6 nitrogen and oxygen atoms in total. The smallest absolute Gasteiger partial charge is 0.245 e. The lowest BCUT2D eigenvalue weighted by Gasteiger charge is -2.08. The van der Waals surface area contributed by atoms with Gasteiger partial charge in [-0.3, -0.25) is 9.78 Å². The number of benzene rings is 2. The fourth-order valence-corrected chi connectivity index (χ4v) is 4.03. The van der Waals surface area contributed by atoms with Crippen molar-refractivity contribution in [1.82, 2.24) is 14.5 Å². The van der Waals surface area contributed by atoms with E-state index in [0.29, 0.717) is 28.2 Å². The zero-order valence-electron chi connectivity index (χ0n) is 16.5. The van der Waals surface area contributed by atoms with Crippen molar-refractivity contribution in [3.63, 3.8) is 0 Å². The summed E-state index contributed by atoms with van der Waals surface area (Å²) in [7, 11) is 0. The van der Waals surface area contributed by atoms with E-state index in [1.807, 2.05) is 16.7 Å². The lowest BCUT2D eigenvalue weighted by molar-refractivity contribution is 0.101. The van der Waals surface area contributed by atoms with Gasteiger partial charge in [0.2, 0.25) is 11.7 Å². The quantitative estimate of drug-likeness (QED) is 0.324. The number of carbonyl (C=O) groups excluding carboxylic acids is 1. The highest BCUT2D eigenvalue weighted by Gasteiger charge is 2.26. The van der Waals surface area contributed by atoms with Crippen LogP contribution in [0.4, 0.5) is 0 Å². The highest BCUT2D eigenvalue weighted by atomic mass is 35.5. The number of pyridine rings is 1. The van der Waals surface area contributed by atoms with Crippen LogP contribution in [-0.2, 0) is 6.54 Å². The third-order valence-electron chi connectivity index (χ3n) is 5.08. The number of ketones is 1. The van der Waals surface area contributed by atoms with Crippen LogP contribution in [0, 0.1) is 0 Å². The Kier molecular flexibility index (Phi) is 5.17. The first kappa shape index (κ1) is 20.3. The molecule has 3 aromatic heterocycles. The van der Waals surface area contributed by atoms with Gasteiger partial charge in [-0.25, -0.2) is 4.98 Å². The molecule has 2 aromatic carbocycles. The maximum Gasteiger partial charge on any atom is 0.245 e. The van der Waals surface area contributed by atoms with Gasteiger partial charge in [0, 0.05) is 23.2 Å². The molecular weight excluding hydrogens is 449 g/mol. The van der Waals surface area contributed by atoms with Crippen LogP contribution in [0.25, 0.3) is 22.5 Å². The van der Waals surface area contributed by atoms with E-state index < -0.39 is 5.78 Å². The Labute approximate surface area is 192 Å². The Balaban J connectivity index is 1.60. The molecule has 158 valence electrons. The molecule has 0 fully saturated rings. The van der Waals surface area contributed by atoms with Crippen LogP contribution < -0.4 is 0 Å². The number of oxazole rings is 1. The van der Waals surface area contributed by atoms with Crippen molar-refractivity contribution in [3.05, 3.63) is 100 Å². The third-order valence-corrected chi connectivity index (χ3v) is 5.72. The van der Waals surface area contributed by atoms with Gasteiger partial charge in [0.15, 0.2) is 5.76 Å². The monoisotopic (exact) mass is 463 g/mol. The van der Waals surface area contributed by atoms with E-state index in [0.717, 1.165) is 5.56 Å². The van der Waals surface area contributed by atoms with Crippen LogP contribution in [0.5, 0.6) is 5.75 Å². The van der Waals surface area contributed by atoms with Gasteiger partial charge in [-0.1, -0.05) is 41.4 Å². The second kappa shape index (κ2) is 8.15. The van der Waals surface area contributed by atoms with Crippen molar-refractivity contribution in [2.24, 2.45) is 0 Å². The van der Waals surface area contributed by atoms with Crippen LogP contribution in [0.2, 0.25) is 10.2 Å². The number of aromatic hydroxyl groups is 1. The van der Waals surface area contributed by atoms with E-state index in [1.165, 1.54) is 12.3 Å². The summed E-state index contributed by atoms with van der Waals surface area (Å²) in [4.78, 5) is 21.8. The number of aromatic nitrogens is 3. The summed E-state index contributed by atoms with van der Waals surface area (Å²) < 4.78 is 7.50. The average Bonchev–Trinajstić information content (AvgIpc) is 3.39. The van der Waals surface area contributed by atoms with Gasteiger partial charge in [0.05, 0.1) is 17.3 Å². The number of fused-ring (bicyclic) bond motifs is 1. The third kappa shape index (κ3) is 3.64. The summed E-state index contributed by atoms with van der Waals surface area (Å²) in [5.74, 6) is -0.145. The molecule has 0 bridgehead atoms. The normalized spacial score (nSPS) is 11.2. The molecule has 5 aromatic rings. The van der Waals surface area contributed by atoms with Crippen molar-refractivity contribution in [1.29, 1.82) is 0 Å². The number of halogens is 2. The van der Waals surface area contributed by atoms with Crippen molar-refractivity contribution >= 4 is 39.9 Å². The standard InChI is InChI=1S/C24H15Cl2N3O3/c25-15-6-4-14(5-7-15)13-29-19-9-8-16(30)11-17(19)21(23(29)26)22(31)20-12-28-24(32-20)18-3-1-2-10-27-18/h1-12,30H,13H2. The number of phenols is 1. The largest absolute Gasteiger partial charge is 0.508 e. The molecule has 0 amide bonds. The van der Waals surface area contributed by atoms with E-state index in [4.69, 9.17) is 27.6 Å². The van der Waals surface area contributed by atoms with Crippen molar-refractivity contribution in [3.8, 4) is 17.3 Å². The number of rotatable bonds is 5. The molecule has 0 spiro atoms. The SMILES string of the molecule is O=C(c1cnc(-c2ccccn2)o1)c1c(Cl)n(Cc2ccc(Cl)cc2)c2ccc(O)cc12. The summed E-state index contributed by atoms with van der Waals surface area (Å²) >= 11 is 12.7. The Morgan fingerprint density at radius 3 is 2.59 bits per heavy atom. The molecular formula is C24H15Cl2N3O3. The predicted molar refractivity (Wildman–Crippen MR) is 122 cm³/mol. The van der Waals surface area contributed by atoms with Crippen LogP contribution in [0.3, 0.4) is 0 Å². The van der Waals surface area contributed by atoms with Crippen LogP contribution in [0.15, 0.2) is 77.5 Å². The van der Waals surface area contributed by atoms with E-state index >= 15 is 0 Å². The van der Waals surface area contributed by atoms with E-state index in [9.17, 15) is 9.90 Å². The van der Waals surface area contributed by atoms with Gasteiger partial charge in [0.25, 0.3) is 0 Å². The number of phenolic OH excluding ortho intramolecular Hbond substituents is 1. The van der Waals surface area contributed by atoms with Gasteiger partial charge in [0.1, 0.15) is 16.6 Å². The first-order valence-corrected chi connectivity index (χ1v) is 10.4. The van der Waals surface area contributed by atoms with Crippen LogP contribution >= 0.6 is 23.2 Å². The zero-order chi connectivity index (χ0) is 22.2. The molecule has 3 heterocycles. The molecule has 0 aliphatic rings. The van der Waals surface area contributed by atoms with E-state index in [-0.39, 0.29) is 28.1 Å². The predicted octanol–water partition coefficient (Wildman–Crippen LogP) is 5.98. The Bertz CT molecular complexity index is 1440. The van der Waals surface area contributed by atoms with Crippen LogP contribution in [-0.4, -0.2) is 25.4 Å². The minimum absolute atomic E-state index is 0.0265. The van der Waals surface area contributed by atoms with Crippen LogP contribution in [0.1, 0.15) is 21.7 Å². The molecule has 8 heteroatoms. The summed E-state index contributed by atoms with van der Waals surface area (Å²) in [5, 5.41) is 11.4. The van der Waals surface area contributed by atoms with Crippen molar-refractivity contribution in [2.75, 3.05) is 0 Å². The Morgan fingerprint density at radius 1 is 1.03 bits per heavy atom. The molecule has 32 heavy (non-hydrogen) atoms. The first-order valence-electron chi connectivity index (χ1n) is 9.68. The molecule has 0 aliphatic heterocycles. The zero-order valence-corrected chi connectivity index (χ0v) is 18.0. The first-order chi connectivity index (χ1) is 15.5. The summed E-state index contributed by atoms with van der Waals surface area (Å²) in [6.45, 7) is 0.417. The number of hydrogen-bond acceptors (Lipinski definition) is 5. The molecule has 1 N–H and O–H groups in total. The molecule has 0 atom stereocenters. The Morgan fingerprint density at radius 2 is 1.84 bits per heavy atom. The topological polar surface area (TPSA) is 81.2 Å². The van der Waals surface area contributed by atoms with Gasteiger partial charge in [-0.15, -0.1) is 0 Å². The molecule has 0 aliphatic carbocycles. The summed E-state index contributed by atoms with van der Waals surface area (Å²) in [5.41, 5.74) is 2.41. The molecule has 0 unspecified atom stereocenters. The minimum atomic E-state index is -0.435. The number of hydrogen-bond donors (Lipinski definition) is 1. The molecule has 0 saturated carbocycles. The van der Waals surface area contributed by atoms with Gasteiger partial charge < -0.3 is 14.1 Å². The molecule has 0 saturated heterocycles. The van der Waals surface area contributed by atoms with E-state index in [2.05, 4.69) is 9.97 Å². The van der Waals surface area contributed by atoms with Crippen molar-refractivity contribution in [2.45, 2.75) is 6.54 Å². The summed E-state index contributed by atoms with van der Waals surface area (Å²) in [6, 6.07) is 17.5. The maximum atomic E-state index is 13.4. The lowest BCUT2D eigenvalue weighted by Crippen LogP contribution is -2.03.